The summed E-state index contributed by atoms with van der Waals surface area (Å²) in [5.74, 6) is 1.76. The second-order valence-electron chi connectivity index (χ2n) is 14.5. The molecule has 0 unspecified atom stereocenters. The first-order valence-electron chi connectivity index (χ1n) is 19.9. The normalized spacial score (nSPS) is 11.6. The van der Waals surface area contributed by atoms with Gasteiger partial charge in [0.1, 0.15) is 31.3 Å². The molecule has 7 rings (SSSR count). The van der Waals surface area contributed by atoms with E-state index in [1.54, 1.807) is 12.1 Å². The van der Waals surface area contributed by atoms with E-state index in [4.69, 9.17) is 14.2 Å². The molecule has 0 spiro atoms. The molecular formula is C51H48N2O6. The molecule has 0 bridgehead atoms. The minimum atomic E-state index is -0.985. The van der Waals surface area contributed by atoms with Crippen molar-refractivity contribution < 1.29 is 24.2 Å². The van der Waals surface area contributed by atoms with Crippen LogP contribution in [0.15, 0.2) is 188 Å². The van der Waals surface area contributed by atoms with Gasteiger partial charge in [-0.2, -0.15) is 0 Å². The molecule has 0 heterocycles. The highest BCUT2D eigenvalue weighted by atomic mass is 16.6. The van der Waals surface area contributed by atoms with Crippen molar-refractivity contribution in [2.24, 2.45) is 0 Å². The summed E-state index contributed by atoms with van der Waals surface area (Å²) in [6.07, 6.45) is -0.249. The number of nitro benzene ring substituents is 1. The summed E-state index contributed by atoms with van der Waals surface area (Å²) < 4.78 is 18.1. The first kappa shape index (κ1) is 40.5. The Morgan fingerprint density at radius 2 is 0.949 bits per heavy atom. The van der Waals surface area contributed by atoms with Gasteiger partial charge in [-0.1, -0.05) is 152 Å². The smallest absolute Gasteiger partial charge is 0.311 e. The lowest BCUT2D eigenvalue weighted by Gasteiger charge is -2.28. The molecule has 1 atom stereocenters. The lowest BCUT2D eigenvalue weighted by molar-refractivity contribution is -0.386. The fraction of sp³-hybridized carbons (Fsp3) is 0.176. The van der Waals surface area contributed by atoms with E-state index in [-0.39, 0.29) is 30.5 Å². The van der Waals surface area contributed by atoms with Crippen LogP contribution in [-0.2, 0) is 26.4 Å². The molecule has 0 fully saturated rings. The van der Waals surface area contributed by atoms with Crippen LogP contribution in [0.4, 0.5) is 5.69 Å². The van der Waals surface area contributed by atoms with Crippen molar-refractivity contribution >= 4 is 5.69 Å². The average Bonchev–Trinajstić information content (AvgIpc) is 3.29. The lowest BCUT2D eigenvalue weighted by Crippen LogP contribution is -2.30. The molecule has 298 valence electrons. The van der Waals surface area contributed by atoms with Crippen molar-refractivity contribution in [1.29, 1.82) is 0 Å². The Bertz CT molecular complexity index is 2240. The standard InChI is InChI=1S/C51H48N2O6/c54-50(45-25-30-51(49(33-45)53(55)56)59-38-42-19-11-4-12-20-42)35-52(34-39-13-5-1-6-14-39)32-31-48(43-21-26-46(27-22-43)57-36-40-15-7-2-8-16-40)44-23-28-47(29-24-44)58-37-41-17-9-3-10-18-41/h1-30,33,48,50,54H,31-32,34-38H2/t50-/m0/s1. The maximum absolute atomic E-state index is 12.2. The number of ether oxygens (including phenoxy) is 3. The Morgan fingerprint density at radius 1 is 0.525 bits per heavy atom. The summed E-state index contributed by atoms with van der Waals surface area (Å²) in [4.78, 5) is 13.9. The first-order chi connectivity index (χ1) is 29.0. The van der Waals surface area contributed by atoms with E-state index in [0.717, 1.165) is 51.3 Å². The van der Waals surface area contributed by atoms with Crippen LogP contribution in [0.1, 0.15) is 57.4 Å². The summed E-state index contributed by atoms with van der Waals surface area (Å²) in [7, 11) is 0. The highest BCUT2D eigenvalue weighted by Gasteiger charge is 2.23. The summed E-state index contributed by atoms with van der Waals surface area (Å²) in [6.45, 7) is 2.65. The van der Waals surface area contributed by atoms with Gasteiger partial charge in [-0.15, -0.1) is 0 Å². The number of hydrogen-bond acceptors (Lipinski definition) is 7. The van der Waals surface area contributed by atoms with Crippen LogP contribution in [0.5, 0.6) is 17.2 Å². The topological polar surface area (TPSA) is 94.3 Å². The van der Waals surface area contributed by atoms with E-state index < -0.39 is 11.0 Å². The minimum Gasteiger partial charge on any atom is -0.489 e. The van der Waals surface area contributed by atoms with Gasteiger partial charge >= 0.3 is 5.69 Å². The molecule has 7 aromatic rings. The predicted octanol–water partition coefficient (Wildman–Crippen LogP) is 11.1. The predicted molar refractivity (Wildman–Crippen MR) is 231 cm³/mol. The van der Waals surface area contributed by atoms with Crippen molar-refractivity contribution in [3.05, 3.63) is 237 Å². The van der Waals surface area contributed by atoms with Crippen molar-refractivity contribution in [3.8, 4) is 17.2 Å². The van der Waals surface area contributed by atoms with Crippen molar-refractivity contribution in [2.75, 3.05) is 13.1 Å². The fourth-order valence-corrected chi connectivity index (χ4v) is 7.08. The largest absolute Gasteiger partial charge is 0.489 e. The Morgan fingerprint density at radius 3 is 1.41 bits per heavy atom. The van der Waals surface area contributed by atoms with Crippen molar-refractivity contribution in [1.82, 2.24) is 4.90 Å². The Kier molecular flexibility index (Phi) is 14.1. The zero-order valence-electron chi connectivity index (χ0n) is 32.9. The van der Waals surface area contributed by atoms with Crippen LogP contribution in [0.3, 0.4) is 0 Å². The van der Waals surface area contributed by atoms with Crippen LogP contribution >= 0.6 is 0 Å². The molecule has 59 heavy (non-hydrogen) atoms. The molecular weight excluding hydrogens is 737 g/mol. The first-order valence-corrected chi connectivity index (χ1v) is 19.9. The average molecular weight is 785 g/mol. The number of nitrogens with zero attached hydrogens (tertiary/aromatic N) is 2. The Hall–Kier alpha value is -6.74. The van der Waals surface area contributed by atoms with Crippen molar-refractivity contribution in [3.63, 3.8) is 0 Å². The molecule has 0 amide bonds. The van der Waals surface area contributed by atoms with Gasteiger partial charge in [0, 0.05) is 25.1 Å². The summed E-state index contributed by atoms with van der Waals surface area (Å²) >= 11 is 0. The third-order valence-corrected chi connectivity index (χ3v) is 10.3. The molecule has 0 aliphatic carbocycles. The number of hydrogen-bond donors (Lipinski definition) is 1. The minimum absolute atomic E-state index is 0.0129. The van der Waals surface area contributed by atoms with Crippen molar-refractivity contribution in [2.45, 2.75) is 44.8 Å². The Balaban J connectivity index is 1.10. The quantitative estimate of drug-likeness (QED) is 0.0607. The van der Waals surface area contributed by atoms with E-state index in [1.165, 1.54) is 6.07 Å². The van der Waals surface area contributed by atoms with Gasteiger partial charge in [0.25, 0.3) is 0 Å². The number of aliphatic hydroxyl groups is 1. The summed E-state index contributed by atoms with van der Waals surface area (Å²) in [6, 6.07) is 61.2. The Labute approximate surface area is 346 Å². The number of rotatable bonds is 20. The highest BCUT2D eigenvalue weighted by molar-refractivity contribution is 5.49. The molecule has 0 aromatic heterocycles. The van der Waals surface area contributed by atoms with Crippen LogP contribution in [0.25, 0.3) is 0 Å². The van der Waals surface area contributed by atoms with Gasteiger partial charge in [0.05, 0.1) is 11.0 Å². The molecule has 0 saturated carbocycles. The second kappa shape index (κ2) is 20.6. The van der Waals surface area contributed by atoms with E-state index in [2.05, 4.69) is 41.3 Å². The molecule has 1 N–H and O–H groups in total. The molecule has 0 saturated heterocycles. The number of benzene rings is 7. The van der Waals surface area contributed by atoms with Crippen LogP contribution in [-0.4, -0.2) is 28.0 Å². The summed E-state index contributed by atoms with van der Waals surface area (Å²) in [5, 5.41) is 23.8. The molecule has 0 aliphatic rings. The van der Waals surface area contributed by atoms with E-state index in [1.807, 2.05) is 133 Å². The molecule has 7 aromatic carbocycles. The van der Waals surface area contributed by atoms with E-state index in [9.17, 15) is 15.2 Å². The number of aliphatic hydroxyl groups excluding tert-OH is 1. The second-order valence-corrected chi connectivity index (χ2v) is 14.5. The molecule has 8 heteroatoms. The lowest BCUT2D eigenvalue weighted by atomic mass is 9.88. The van der Waals surface area contributed by atoms with Gasteiger partial charge in [-0.25, -0.2) is 0 Å². The van der Waals surface area contributed by atoms with Gasteiger partial charge in [0.2, 0.25) is 0 Å². The van der Waals surface area contributed by atoms with Gasteiger partial charge < -0.3 is 19.3 Å². The third-order valence-electron chi connectivity index (χ3n) is 10.3. The monoisotopic (exact) mass is 784 g/mol. The number of nitro groups is 1. The highest BCUT2D eigenvalue weighted by Crippen LogP contribution is 2.34. The van der Waals surface area contributed by atoms with Gasteiger partial charge in [-0.3, -0.25) is 15.0 Å². The van der Waals surface area contributed by atoms with E-state index in [0.29, 0.717) is 31.9 Å². The van der Waals surface area contributed by atoms with Gasteiger partial charge in [0.15, 0.2) is 5.75 Å². The van der Waals surface area contributed by atoms with Crippen LogP contribution in [0, 0.1) is 10.1 Å². The zero-order valence-corrected chi connectivity index (χ0v) is 32.9. The maximum Gasteiger partial charge on any atom is 0.311 e. The van der Waals surface area contributed by atoms with Gasteiger partial charge in [-0.05, 0) is 82.2 Å². The SMILES string of the molecule is O=[N+]([O-])c1cc([C@@H](O)CN(CCC(c2ccc(OCc3ccccc3)cc2)c2ccc(OCc3ccccc3)cc2)Cc2ccccc2)ccc1OCc1ccccc1. The summed E-state index contributed by atoms with van der Waals surface area (Å²) in [5.41, 5.74) is 6.76. The third kappa shape index (κ3) is 11.9. The zero-order chi connectivity index (χ0) is 40.7. The van der Waals surface area contributed by atoms with Crippen LogP contribution in [0.2, 0.25) is 0 Å². The van der Waals surface area contributed by atoms with Crippen LogP contribution < -0.4 is 14.2 Å². The maximum atomic E-state index is 12.2. The molecule has 0 radical (unpaired) electrons. The fourth-order valence-electron chi connectivity index (χ4n) is 7.08. The van der Waals surface area contributed by atoms with E-state index >= 15 is 0 Å². The molecule has 8 nitrogen and oxygen atoms in total. The molecule has 0 aliphatic heterocycles.